The van der Waals surface area contributed by atoms with Gasteiger partial charge in [-0.1, -0.05) is 0 Å². The number of pyridine rings is 1. The zero-order valence-electron chi connectivity index (χ0n) is 9.64. The third-order valence-corrected chi connectivity index (χ3v) is 2.89. The predicted molar refractivity (Wildman–Crippen MR) is 56.1 cm³/mol. The van der Waals surface area contributed by atoms with E-state index < -0.39 is 35.3 Å². The normalized spacial score (nSPS) is 21.1. The Labute approximate surface area is 101 Å². The minimum absolute atomic E-state index is 0.233. The third kappa shape index (κ3) is 2.40. The van der Waals surface area contributed by atoms with Crippen molar-refractivity contribution in [3.8, 4) is 0 Å². The Morgan fingerprint density at radius 3 is 2.33 bits per heavy atom. The van der Waals surface area contributed by atoms with Crippen molar-refractivity contribution < 1.29 is 22.3 Å². The maximum atomic E-state index is 13.3. The molecule has 0 spiro atoms. The lowest BCUT2D eigenvalue weighted by Crippen LogP contribution is -2.31. The average molecular weight is 264 g/mol. The number of nitrogens with zero attached hydrogens (tertiary/aromatic N) is 1. The lowest BCUT2D eigenvalue weighted by molar-refractivity contribution is 0.0994. The molecule has 1 aromatic heterocycles. The first-order valence-electron chi connectivity index (χ1n) is 5.59. The fourth-order valence-corrected chi connectivity index (χ4v) is 1.93. The maximum absolute atomic E-state index is 13.3. The van der Waals surface area contributed by atoms with Crippen LogP contribution in [0, 0.1) is 23.5 Å². The number of anilines is 1. The quantitative estimate of drug-likeness (QED) is 0.673. The molecule has 2 atom stereocenters. The number of aromatic nitrogens is 1. The highest BCUT2D eigenvalue weighted by Crippen LogP contribution is 2.25. The van der Waals surface area contributed by atoms with Crippen LogP contribution in [0.4, 0.5) is 23.2 Å². The molecule has 7 heteroatoms. The van der Waals surface area contributed by atoms with Gasteiger partial charge < -0.3 is 10.1 Å². The molecule has 3 nitrogen and oxygen atoms in total. The highest BCUT2D eigenvalue weighted by molar-refractivity contribution is 5.46. The van der Waals surface area contributed by atoms with Gasteiger partial charge in [-0.2, -0.15) is 22.5 Å². The highest BCUT2D eigenvalue weighted by atomic mass is 19.2. The molecule has 0 amide bonds. The molecule has 0 aromatic carbocycles. The van der Waals surface area contributed by atoms with E-state index in [2.05, 4.69) is 10.3 Å². The van der Waals surface area contributed by atoms with Crippen LogP contribution in [0.1, 0.15) is 19.8 Å². The van der Waals surface area contributed by atoms with Gasteiger partial charge in [0.25, 0.3) is 11.9 Å². The number of hydrogen-bond acceptors (Lipinski definition) is 3. The molecule has 100 valence electrons. The Hall–Kier alpha value is -1.37. The van der Waals surface area contributed by atoms with E-state index in [4.69, 9.17) is 4.74 Å². The smallest absolute Gasteiger partial charge is 0.253 e. The van der Waals surface area contributed by atoms with Gasteiger partial charge >= 0.3 is 0 Å². The van der Waals surface area contributed by atoms with Crippen molar-refractivity contribution in [2.24, 2.45) is 0 Å². The van der Waals surface area contributed by atoms with E-state index in [1.165, 1.54) is 0 Å². The second-order valence-electron chi connectivity index (χ2n) is 4.18. The van der Waals surface area contributed by atoms with Crippen LogP contribution in [-0.4, -0.2) is 23.7 Å². The van der Waals surface area contributed by atoms with Crippen LogP contribution in [0.25, 0.3) is 0 Å². The first-order valence-corrected chi connectivity index (χ1v) is 5.59. The van der Waals surface area contributed by atoms with Gasteiger partial charge in [-0.25, -0.2) is 0 Å². The van der Waals surface area contributed by atoms with Crippen LogP contribution in [-0.2, 0) is 4.74 Å². The van der Waals surface area contributed by atoms with E-state index in [0.29, 0.717) is 6.61 Å². The summed E-state index contributed by atoms with van der Waals surface area (Å²) in [6.45, 7) is 2.20. The topological polar surface area (TPSA) is 34.2 Å². The summed E-state index contributed by atoms with van der Waals surface area (Å²) in [5, 5.41) is 2.41. The van der Waals surface area contributed by atoms with Gasteiger partial charge in [0.05, 0.1) is 6.10 Å². The molecule has 1 N–H and O–H groups in total. The van der Waals surface area contributed by atoms with E-state index in [1.54, 1.807) is 6.92 Å². The van der Waals surface area contributed by atoms with Gasteiger partial charge in [-0.3, -0.25) is 0 Å². The molecular formula is C11H12F4N2O. The number of hydrogen-bond donors (Lipinski definition) is 1. The maximum Gasteiger partial charge on any atom is 0.253 e. The summed E-state index contributed by atoms with van der Waals surface area (Å²) < 4.78 is 57.8. The van der Waals surface area contributed by atoms with E-state index in [0.717, 1.165) is 12.8 Å². The Bertz CT molecular complexity index is 423. The fourth-order valence-electron chi connectivity index (χ4n) is 1.93. The molecule has 1 aliphatic heterocycles. The molecule has 0 radical (unpaired) electrons. The molecule has 0 saturated carbocycles. The van der Waals surface area contributed by atoms with Crippen molar-refractivity contribution >= 4 is 5.69 Å². The van der Waals surface area contributed by atoms with Gasteiger partial charge in [-0.05, 0) is 19.8 Å². The summed E-state index contributed by atoms with van der Waals surface area (Å²) in [6, 6.07) is -0.460. The fraction of sp³-hybridized carbons (Fsp3) is 0.545. The molecule has 2 unspecified atom stereocenters. The van der Waals surface area contributed by atoms with E-state index in [9.17, 15) is 17.6 Å². The largest absolute Gasteiger partial charge is 0.376 e. The zero-order valence-corrected chi connectivity index (χ0v) is 9.64. The van der Waals surface area contributed by atoms with Crippen molar-refractivity contribution in [2.75, 3.05) is 11.9 Å². The summed E-state index contributed by atoms with van der Waals surface area (Å²) in [6.07, 6.45) is 1.34. The van der Waals surface area contributed by atoms with Gasteiger partial charge in [0.15, 0.2) is 0 Å². The van der Waals surface area contributed by atoms with Crippen molar-refractivity contribution in [2.45, 2.75) is 31.9 Å². The minimum atomic E-state index is -1.67. The summed E-state index contributed by atoms with van der Waals surface area (Å²) in [5.41, 5.74) is -0.844. The average Bonchev–Trinajstić information content (AvgIpc) is 2.85. The Balaban J connectivity index is 2.22. The van der Waals surface area contributed by atoms with Crippen molar-refractivity contribution in [3.63, 3.8) is 0 Å². The van der Waals surface area contributed by atoms with Crippen LogP contribution >= 0.6 is 0 Å². The Kier molecular flexibility index (Phi) is 3.70. The SMILES string of the molecule is CC(Nc1c(F)c(F)nc(F)c1F)C1CCCO1. The lowest BCUT2D eigenvalue weighted by Gasteiger charge is -2.21. The number of halogens is 4. The third-order valence-electron chi connectivity index (χ3n) is 2.89. The van der Waals surface area contributed by atoms with Gasteiger partial charge in [-0.15, -0.1) is 0 Å². The number of nitrogens with one attached hydrogen (secondary N) is 1. The molecule has 2 rings (SSSR count). The van der Waals surface area contributed by atoms with E-state index in [1.807, 2.05) is 0 Å². The first kappa shape index (κ1) is 13.1. The molecule has 1 aromatic rings. The molecule has 0 bridgehead atoms. The van der Waals surface area contributed by atoms with Crippen LogP contribution in [0.5, 0.6) is 0 Å². The molecule has 18 heavy (non-hydrogen) atoms. The van der Waals surface area contributed by atoms with Crippen LogP contribution in [0.3, 0.4) is 0 Å². The summed E-state index contributed by atoms with van der Waals surface area (Å²) in [7, 11) is 0. The number of rotatable bonds is 3. The second kappa shape index (κ2) is 5.09. The molecule has 2 heterocycles. The molecule has 1 saturated heterocycles. The summed E-state index contributed by atoms with van der Waals surface area (Å²) in [5.74, 6) is -6.40. The zero-order chi connectivity index (χ0) is 13.3. The monoisotopic (exact) mass is 264 g/mol. The van der Waals surface area contributed by atoms with Crippen molar-refractivity contribution in [3.05, 3.63) is 23.5 Å². The van der Waals surface area contributed by atoms with E-state index >= 15 is 0 Å². The highest BCUT2D eigenvalue weighted by Gasteiger charge is 2.27. The van der Waals surface area contributed by atoms with Crippen LogP contribution in [0.15, 0.2) is 0 Å². The second-order valence-corrected chi connectivity index (χ2v) is 4.18. The van der Waals surface area contributed by atoms with Crippen LogP contribution in [0.2, 0.25) is 0 Å². The van der Waals surface area contributed by atoms with Crippen molar-refractivity contribution in [1.29, 1.82) is 0 Å². The van der Waals surface area contributed by atoms with Gasteiger partial charge in [0, 0.05) is 12.6 Å². The summed E-state index contributed by atoms with van der Waals surface area (Å²) >= 11 is 0. The molecule has 0 aliphatic carbocycles. The van der Waals surface area contributed by atoms with Gasteiger partial charge in [0.2, 0.25) is 11.6 Å². The summed E-state index contributed by atoms with van der Waals surface area (Å²) in [4.78, 5) is 2.48. The Morgan fingerprint density at radius 2 is 1.83 bits per heavy atom. The predicted octanol–water partition coefficient (Wildman–Crippen LogP) is 2.62. The molecular weight excluding hydrogens is 252 g/mol. The molecule has 1 fully saturated rings. The standard InChI is InChI=1S/C11H12F4N2O/c1-5(6-3-2-4-18-6)16-9-7(12)10(14)17-11(15)8(9)13/h5-6H,2-4H2,1H3,(H,16,17). The Morgan fingerprint density at radius 1 is 1.22 bits per heavy atom. The lowest BCUT2D eigenvalue weighted by atomic mass is 10.1. The van der Waals surface area contributed by atoms with Crippen LogP contribution < -0.4 is 5.32 Å². The van der Waals surface area contributed by atoms with Gasteiger partial charge in [0.1, 0.15) is 5.69 Å². The van der Waals surface area contributed by atoms with E-state index in [-0.39, 0.29) is 6.10 Å². The van der Waals surface area contributed by atoms with Crippen molar-refractivity contribution in [1.82, 2.24) is 4.98 Å². The number of ether oxygens (including phenoxy) is 1. The first-order chi connectivity index (χ1) is 8.50. The molecule has 1 aliphatic rings. The minimum Gasteiger partial charge on any atom is -0.376 e.